The molecule has 2 rings (SSSR count). The molecule has 2 aromatic heterocycles. The maximum absolute atomic E-state index is 9.84. The lowest BCUT2D eigenvalue weighted by atomic mass is 10.3. The third-order valence-corrected chi connectivity index (χ3v) is 2.65. The molecule has 0 spiro atoms. The van der Waals surface area contributed by atoms with Crippen molar-refractivity contribution in [3.63, 3.8) is 0 Å². The summed E-state index contributed by atoms with van der Waals surface area (Å²) in [6, 6.07) is 1.78. The van der Waals surface area contributed by atoms with E-state index in [9.17, 15) is 5.11 Å². The number of aromatic nitrogens is 3. The van der Waals surface area contributed by atoms with Crippen LogP contribution in [0.5, 0.6) is 0 Å². The number of aliphatic hydroxyl groups excluding tert-OH is 1. The van der Waals surface area contributed by atoms with Gasteiger partial charge in [0.2, 0.25) is 0 Å². The molecule has 0 aliphatic rings. The summed E-state index contributed by atoms with van der Waals surface area (Å²) in [6.07, 6.45) is 2.68. The van der Waals surface area contributed by atoms with Crippen LogP contribution in [-0.4, -0.2) is 19.9 Å². The Kier molecular flexibility index (Phi) is 2.12. The molecule has 0 amide bonds. The summed E-state index contributed by atoms with van der Waals surface area (Å²) in [4.78, 5) is 4.04. The SMILES string of the molecule is Cn1nccc1C(O)c1nccs1. The third kappa shape index (κ3) is 1.48. The molecule has 0 bridgehead atoms. The fourth-order valence-electron chi connectivity index (χ4n) is 1.15. The van der Waals surface area contributed by atoms with Crippen LogP contribution < -0.4 is 0 Å². The summed E-state index contributed by atoms with van der Waals surface area (Å²) in [5.74, 6) is 0. The second-order valence-corrected chi connectivity index (χ2v) is 3.58. The van der Waals surface area contributed by atoms with Crippen molar-refractivity contribution in [3.05, 3.63) is 34.5 Å². The molecule has 5 heteroatoms. The van der Waals surface area contributed by atoms with Crippen LogP contribution in [0.2, 0.25) is 0 Å². The minimum absolute atomic E-state index is 0.660. The van der Waals surface area contributed by atoms with Gasteiger partial charge in [-0.05, 0) is 6.07 Å². The van der Waals surface area contributed by atoms with Gasteiger partial charge in [-0.1, -0.05) is 0 Å². The molecule has 0 aliphatic carbocycles. The van der Waals surface area contributed by atoms with Gasteiger partial charge >= 0.3 is 0 Å². The summed E-state index contributed by atoms with van der Waals surface area (Å²) in [6.45, 7) is 0. The van der Waals surface area contributed by atoms with Gasteiger partial charge < -0.3 is 5.11 Å². The van der Waals surface area contributed by atoms with E-state index in [1.807, 2.05) is 5.38 Å². The minimum Gasteiger partial charge on any atom is -0.380 e. The minimum atomic E-state index is -0.660. The molecule has 0 saturated heterocycles. The predicted molar refractivity (Wildman–Crippen MR) is 49.4 cm³/mol. The third-order valence-electron chi connectivity index (χ3n) is 1.82. The Morgan fingerprint density at radius 2 is 2.38 bits per heavy atom. The molecule has 1 N–H and O–H groups in total. The lowest BCUT2D eigenvalue weighted by molar-refractivity contribution is 0.209. The van der Waals surface area contributed by atoms with Crippen molar-refractivity contribution in [2.75, 3.05) is 0 Å². The molecule has 2 aromatic rings. The molecule has 2 heterocycles. The summed E-state index contributed by atoms with van der Waals surface area (Å²) in [5, 5.41) is 16.4. The normalized spacial score (nSPS) is 13.1. The van der Waals surface area contributed by atoms with Crippen LogP contribution in [0.3, 0.4) is 0 Å². The quantitative estimate of drug-likeness (QED) is 0.776. The van der Waals surface area contributed by atoms with E-state index in [-0.39, 0.29) is 0 Å². The van der Waals surface area contributed by atoms with E-state index in [1.165, 1.54) is 11.3 Å². The van der Waals surface area contributed by atoms with Crippen molar-refractivity contribution in [2.24, 2.45) is 7.05 Å². The fraction of sp³-hybridized carbons (Fsp3) is 0.250. The average Bonchev–Trinajstić information content (AvgIpc) is 2.72. The van der Waals surface area contributed by atoms with Crippen LogP contribution >= 0.6 is 11.3 Å². The Balaban J connectivity index is 2.33. The highest BCUT2D eigenvalue weighted by Gasteiger charge is 2.15. The Labute approximate surface area is 79.5 Å². The Bertz CT molecular complexity index is 382. The second kappa shape index (κ2) is 3.27. The Morgan fingerprint density at radius 3 is 2.92 bits per heavy atom. The topological polar surface area (TPSA) is 50.9 Å². The van der Waals surface area contributed by atoms with Gasteiger partial charge in [-0.15, -0.1) is 11.3 Å². The first-order valence-electron chi connectivity index (χ1n) is 3.84. The van der Waals surface area contributed by atoms with Gasteiger partial charge in [0.15, 0.2) is 0 Å². The standard InChI is InChI=1S/C8H9N3OS/c1-11-6(2-3-10-11)7(12)8-9-4-5-13-8/h2-5,7,12H,1H3. The first-order chi connectivity index (χ1) is 6.29. The van der Waals surface area contributed by atoms with Crippen molar-refractivity contribution in [1.29, 1.82) is 0 Å². The lowest BCUT2D eigenvalue weighted by Gasteiger charge is -2.06. The zero-order valence-corrected chi connectivity index (χ0v) is 7.90. The van der Waals surface area contributed by atoms with E-state index in [0.717, 1.165) is 5.69 Å². The molecule has 4 nitrogen and oxygen atoms in total. The average molecular weight is 195 g/mol. The highest BCUT2D eigenvalue weighted by atomic mass is 32.1. The van der Waals surface area contributed by atoms with Crippen molar-refractivity contribution in [3.8, 4) is 0 Å². The zero-order chi connectivity index (χ0) is 9.26. The number of aryl methyl sites for hydroxylation is 1. The molecule has 0 radical (unpaired) electrons. The molecular formula is C8H9N3OS. The summed E-state index contributed by atoms with van der Waals surface area (Å²) in [7, 11) is 1.80. The van der Waals surface area contributed by atoms with E-state index < -0.39 is 6.10 Å². The van der Waals surface area contributed by atoms with Crippen LogP contribution in [0.25, 0.3) is 0 Å². The summed E-state index contributed by atoms with van der Waals surface area (Å²) >= 11 is 1.44. The van der Waals surface area contributed by atoms with Crippen LogP contribution in [0.1, 0.15) is 16.8 Å². The maximum Gasteiger partial charge on any atom is 0.147 e. The second-order valence-electron chi connectivity index (χ2n) is 2.65. The zero-order valence-electron chi connectivity index (χ0n) is 7.08. The van der Waals surface area contributed by atoms with Gasteiger partial charge in [-0.25, -0.2) is 4.98 Å². The van der Waals surface area contributed by atoms with Crippen LogP contribution in [-0.2, 0) is 7.05 Å². The highest BCUT2D eigenvalue weighted by Crippen LogP contribution is 2.22. The summed E-state index contributed by atoms with van der Waals surface area (Å²) < 4.78 is 1.64. The smallest absolute Gasteiger partial charge is 0.147 e. The van der Waals surface area contributed by atoms with E-state index in [2.05, 4.69) is 10.1 Å². The van der Waals surface area contributed by atoms with Gasteiger partial charge in [0.25, 0.3) is 0 Å². The van der Waals surface area contributed by atoms with Crippen molar-refractivity contribution < 1.29 is 5.11 Å². The number of rotatable bonds is 2. The molecule has 0 saturated carbocycles. The van der Waals surface area contributed by atoms with Gasteiger partial charge in [0, 0.05) is 24.8 Å². The number of hydrogen-bond donors (Lipinski definition) is 1. The monoisotopic (exact) mass is 195 g/mol. The van der Waals surface area contributed by atoms with Crippen molar-refractivity contribution >= 4 is 11.3 Å². The van der Waals surface area contributed by atoms with Crippen LogP contribution in [0.4, 0.5) is 0 Å². The summed E-state index contributed by atoms with van der Waals surface area (Å²) in [5.41, 5.74) is 0.759. The molecule has 1 atom stereocenters. The van der Waals surface area contributed by atoms with Crippen molar-refractivity contribution in [1.82, 2.24) is 14.8 Å². The van der Waals surface area contributed by atoms with Gasteiger partial charge in [0.05, 0.1) is 5.69 Å². The van der Waals surface area contributed by atoms with Crippen LogP contribution in [0, 0.1) is 0 Å². The Morgan fingerprint density at radius 1 is 1.54 bits per heavy atom. The van der Waals surface area contributed by atoms with E-state index >= 15 is 0 Å². The van der Waals surface area contributed by atoms with E-state index in [4.69, 9.17) is 0 Å². The maximum atomic E-state index is 9.84. The first kappa shape index (κ1) is 8.40. The largest absolute Gasteiger partial charge is 0.380 e. The van der Waals surface area contributed by atoms with E-state index in [0.29, 0.717) is 5.01 Å². The number of thiazole rings is 1. The molecule has 0 fully saturated rings. The van der Waals surface area contributed by atoms with Crippen LogP contribution in [0.15, 0.2) is 23.8 Å². The molecule has 68 valence electrons. The van der Waals surface area contributed by atoms with Gasteiger partial charge in [-0.3, -0.25) is 4.68 Å². The lowest BCUT2D eigenvalue weighted by Crippen LogP contribution is -2.05. The number of aliphatic hydroxyl groups is 1. The number of hydrogen-bond acceptors (Lipinski definition) is 4. The van der Waals surface area contributed by atoms with Gasteiger partial charge in [0.1, 0.15) is 11.1 Å². The molecular weight excluding hydrogens is 186 g/mol. The van der Waals surface area contributed by atoms with E-state index in [1.54, 1.807) is 30.2 Å². The Hall–Kier alpha value is -1.20. The highest BCUT2D eigenvalue weighted by molar-refractivity contribution is 7.09. The molecule has 13 heavy (non-hydrogen) atoms. The number of nitrogens with zero attached hydrogens (tertiary/aromatic N) is 3. The fourth-order valence-corrected chi connectivity index (χ4v) is 1.78. The molecule has 0 aromatic carbocycles. The molecule has 1 unspecified atom stereocenters. The first-order valence-corrected chi connectivity index (χ1v) is 4.72. The predicted octanol–water partition coefficient (Wildman–Crippen LogP) is 0.958. The molecule has 0 aliphatic heterocycles. The van der Waals surface area contributed by atoms with Gasteiger partial charge in [-0.2, -0.15) is 5.10 Å². The van der Waals surface area contributed by atoms with Crippen molar-refractivity contribution in [2.45, 2.75) is 6.10 Å².